The predicted octanol–water partition coefficient (Wildman–Crippen LogP) is 1.65. The van der Waals surface area contributed by atoms with E-state index in [2.05, 4.69) is 0 Å². The highest BCUT2D eigenvalue weighted by Gasteiger charge is 2.11. The third-order valence-electron chi connectivity index (χ3n) is 2.30. The lowest BCUT2D eigenvalue weighted by molar-refractivity contribution is 0.267. The summed E-state index contributed by atoms with van der Waals surface area (Å²) in [5, 5.41) is 9.46. The van der Waals surface area contributed by atoms with Crippen LogP contribution < -0.4 is 4.74 Å². The van der Waals surface area contributed by atoms with Gasteiger partial charge in [0.1, 0.15) is 12.4 Å². The fourth-order valence-electron chi connectivity index (χ4n) is 1.25. The molecule has 0 saturated carbocycles. The maximum atomic E-state index is 11.3. The number of benzene rings is 1. The molecule has 17 heavy (non-hydrogen) atoms. The van der Waals surface area contributed by atoms with Crippen molar-refractivity contribution in [2.24, 2.45) is 0 Å². The van der Waals surface area contributed by atoms with Gasteiger partial charge in [0, 0.05) is 11.3 Å². The highest BCUT2D eigenvalue weighted by atomic mass is 35.5. The van der Waals surface area contributed by atoms with Crippen LogP contribution in [-0.2, 0) is 16.4 Å². The number of ether oxygens (including phenoxy) is 1. The molecule has 0 radical (unpaired) electrons. The number of aliphatic hydroxyl groups is 1. The number of hydrogen-bond donors (Lipinski definition) is 1. The van der Waals surface area contributed by atoms with Crippen molar-refractivity contribution in [3.05, 3.63) is 28.8 Å². The zero-order valence-corrected chi connectivity index (χ0v) is 11.1. The standard InChI is InChI=1S/C11H15ClO4S/c1-2-17(14,15)7-6-16-11-9(8-13)4-3-5-10(11)12/h3-5,13H,2,6-8H2,1H3. The second-order valence-electron chi connectivity index (χ2n) is 3.47. The normalized spacial score (nSPS) is 11.5. The summed E-state index contributed by atoms with van der Waals surface area (Å²) in [4.78, 5) is 0. The van der Waals surface area contributed by atoms with Gasteiger partial charge in [0.2, 0.25) is 0 Å². The van der Waals surface area contributed by atoms with Gasteiger partial charge in [-0.25, -0.2) is 8.42 Å². The van der Waals surface area contributed by atoms with E-state index in [1.54, 1.807) is 25.1 Å². The number of aliphatic hydroxyl groups excluding tert-OH is 1. The smallest absolute Gasteiger partial charge is 0.153 e. The molecule has 4 nitrogen and oxygen atoms in total. The average Bonchev–Trinajstić information content (AvgIpc) is 2.31. The van der Waals surface area contributed by atoms with Crippen LogP contribution in [0.5, 0.6) is 5.75 Å². The summed E-state index contributed by atoms with van der Waals surface area (Å²) < 4.78 is 27.9. The van der Waals surface area contributed by atoms with Gasteiger partial charge in [-0.1, -0.05) is 30.7 Å². The number of hydrogen-bond acceptors (Lipinski definition) is 4. The maximum Gasteiger partial charge on any atom is 0.153 e. The second kappa shape index (κ2) is 6.23. The van der Waals surface area contributed by atoms with Crippen LogP contribution in [0, 0.1) is 0 Å². The molecule has 0 aliphatic rings. The molecule has 0 heterocycles. The fraction of sp³-hybridized carbons (Fsp3) is 0.455. The minimum atomic E-state index is -3.05. The van der Waals surface area contributed by atoms with Crippen molar-refractivity contribution in [2.75, 3.05) is 18.1 Å². The number of para-hydroxylation sites is 1. The number of rotatable bonds is 6. The molecule has 0 bridgehead atoms. The zero-order valence-electron chi connectivity index (χ0n) is 9.52. The van der Waals surface area contributed by atoms with Crippen LogP contribution in [0.1, 0.15) is 12.5 Å². The lowest BCUT2D eigenvalue weighted by atomic mass is 10.2. The first-order valence-electron chi connectivity index (χ1n) is 5.21. The summed E-state index contributed by atoms with van der Waals surface area (Å²) in [5.74, 6) is 0.383. The Labute approximate surface area is 106 Å². The van der Waals surface area contributed by atoms with Crippen LogP contribution in [0.15, 0.2) is 18.2 Å². The Bertz CT molecular complexity index is 470. The first kappa shape index (κ1) is 14.3. The summed E-state index contributed by atoms with van der Waals surface area (Å²) in [6.45, 7) is 1.42. The molecule has 0 aromatic heterocycles. The van der Waals surface area contributed by atoms with E-state index >= 15 is 0 Å². The van der Waals surface area contributed by atoms with E-state index in [-0.39, 0.29) is 24.7 Å². The van der Waals surface area contributed by atoms with Crippen molar-refractivity contribution in [3.8, 4) is 5.75 Å². The minimum absolute atomic E-state index is 0.0346. The molecule has 0 fully saturated rings. The van der Waals surface area contributed by atoms with Gasteiger partial charge in [0.15, 0.2) is 9.84 Å². The summed E-state index contributed by atoms with van der Waals surface area (Å²) in [6, 6.07) is 5.00. The van der Waals surface area contributed by atoms with Crippen molar-refractivity contribution in [1.82, 2.24) is 0 Å². The van der Waals surface area contributed by atoms with Crippen LogP contribution in [0.3, 0.4) is 0 Å². The maximum absolute atomic E-state index is 11.3. The monoisotopic (exact) mass is 278 g/mol. The van der Waals surface area contributed by atoms with E-state index in [9.17, 15) is 8.42 Å². The largest absolute Gasteiger partial charge is 0.491 e. The summed E-state index contributed by atoms with van der Waals surface area (Å²) in [6.07, 6.45) is 0. The predicted molar refractivity (Wildman–Crippen MR) is 67.2 cm³/mol. The average molecular weight is 279 g/mol. The fourth-order valence-corrected chi connectivity index (χ4v) is 2.13. The Kier molecular flexibility index (Phi) is 5.24. The molecule has 0 spiro atoms. The second-order valence-corrected chi connectivity index (χ2v) is 6.35. The van der Waals surface area contributed by atoms with Gasteiger partial charge in [-0.15, -0.1) is 0 Å². The van der Waals surface area contributed by atoms with E-state index in [1.165, 1.54) is 0 Å². The molecule has 1 aromatic rings. The lowest BCUT2D eigenvalue weighted by Gasteiger charge is -2.11. The van der Waals surface area contributed by atoms with Crippen molar-refractivity contribution in [3.63, 3.8) is 0 Å². The van der Waals surface area contributed by atoms with Crippen LogP contribution in [0.4, 0.5) is 0 Å². The zero-order chi connectivity index (χ0) is 12.9. The lowest BCUT2D eigenvalue weighted by Crippen LogP contribution is -2.16. The highest BCUT2D eigenvalue weighted by molar-refractivity contribution is 7.91. The van der Waals surface area contributed by atoms with Crippen molar-refractivity contribution in [1.29, 1.82) is 0 Å². The molecule has 0 aliphatic heterocycles. The van der Waals surface area contributed by atoms with Crippen molar-refractivity contribution >= 4 is 21.4 Å². The van der Waals surface area contributed by atoms with E-state index in [1.807, 2.05) is 0 Å². The Morgan fingerprint density at radius 1 is 1.41 bits per heavy atom. The summed E-state index contributed by atoms with van der Waals surface area (Å²) in [7, 11) is -3.05. The quantitative estimate of drug-likeness (QED) is 0.859. The molecular weight excluding hydrogens is 264 g/mol. The van der Waals surface area contributed by atoms with Crippen LogP contribution in [0.25, 0.3) is 0 Å². The molecule has 0 saturated heterocycles. The van der Waals surface area contributed by atoms with Gasteiger partial charge in [-0.3, -0.25) is 0 Å². The molecule has 96 valence electrons. The third kappa shape index (κ3) is 4.18. The van der Waals surface area contributed by atoms with Gasteiger partial charge in [-0.2, -0.15) is 0 Å². The molecule has 6 heteroatoms. The third-order valence-corrected chi connectivity index (χ3v) is 4.27. The van der Waals surface area contributed by atoms with Gasteiger partial charge in [0.05, 0.1) is 17.4 Å². The van der Waals surface area contributed by atoms with Gasteiger partial charge >= 0.3 is 0 Å². The molecule has 0 atom stereocenters. The molecule has 0 amide bonds. The first-order valence-corrected chi connectivity index (χ1v) is 7.41. The molecule has 1 rings (SSSR count). The Morgan fingerprint density at radius 2 is 2.12 bits per heavy atom. The molecule has 0 unspecified atom stereocenters. The molecule has 0 aliphatic carbocycles. The van der Waals surface area contributed by atoms with Crippen molar-refractivity contribution < 1.29 is 18.3 Å². The highest BCUT2D eigenvalue weighted by Crippen LogP contribution is 2.28. The molecule has 1 aromatic carbocycles. The summed E-state index contributed by atoms with van der Waals surface area (Å²) in [5.41, 5.74) is 0.548. The SMILES string of the molecule is CCS(=O)(=O)CCOc1c(Cl)cccc1CO. The molecular formula is C11H15ClO4S. The van der Waals surface area contributed by atoms with Gasteiger partial charge in [-0.05, 0) is 6.07 Å². The van der Waals surface area contributed by atoms with Crippen LogP contribution in [-0.4, -0.2) is 31.6 Å². The Hall–Kier alpha value is -0.780. The van der Waals surface area contributed by atoms with E-state index < -0.39 is 9.84 Å². The number of sulfone groups is 1. The Balaban J connectivity index is 2.70. The van der Waals surface area contributed by atoms with Crippen LogP contribution in [0.2, 0.25) is 5.02 Å². The Morgan fingerprint density at radius 3 is 2.71 bits per heavy atom. The van der Waals surface area contributed by atoms with E-state index in [0.29, 0.717) is 16.3 Å². The van der Waals surface area contributed by atoms with Crippen molar-refractivity contribution in [2.45, 2.75) is 13.5 Å². The minimum Gasteiger partial charge on any atom is -0.491 e. The summed E-state index contributed by atoms with van der Waals surface area (Å²) >= 11 is 5.91. The van der Waals surface area contributed by atoms with Gasteiger partial charge < -0.3 is 9.84 Å². The number of halogens is 1. The topological polar surface area (TPSA) is 63.6 Å². The van der Waals surface area contributed by atoms with E-state index in [0.717, 1.165) is 0 Å². The first-order chi connectivity index (χ1) is 8.00. The van der Waals surface area contributed by atoms with Crippen LogP contribution >= 0.6 is 11.6 Å². The van der Waals surface area contributed by atoms with E-state index in [4.69, 9.17) is 21.4 Å². The van der Waals surface area contributed by atoms with Gasteiger partial charge in [0.25, 0.3) is 0 Å². The molecule has 1 N–H and O–H groups in total.